The second-order valence-corrected chi connectivity index (χ2v) is 5.85. The number of hydrogen-bond acceptors (Lipinski definition) is 3. The summed E-state index contributed by atoms with van der Waals surface area (Å²) in [6.45, 7) is 8.28. The first-order valence-corrected chi connectivity index (χ1v) is 7.13. The van der Waals surface area contributed by atoms with Gasteiger partial charge in [0, 0.05) is 19.2 Å². The highest BCUT2D eigenvalue weighted by atomic mass is 16.5. The molecule has 0 aromatic carbocycles. The molecule has 0 aromatic rings. The Balaban J connectivity index is 2.19. The monoisotopic (exact) mass is 256 g/mol. The first kappa shape index (κ1) is 15.4. The number of amides is 1. The number of rotatable bonds is 6. The zero-order valence-electron chi connectivity index (χ0n) is 11.9. The van der Waals surface area contributed by atoms with Crippen LogP contribution < -0.4 is 11.1 Å². The van der Waals surface area contributed by atoms with Gasteiger partial charge in [0.1, 0.15) is 0 Å². The zero-order valence-corrected chi connectivity index (χ0v) is 11.9. The van der Waals surface area contributed by atoms with Crippen molar-refractivity contribution in [1.29, 1.82) is 0 Å². The fourth-order valence-corrected chi connectivity index (χ4v) is 2.44. The lowest BCUT2D eigenvalue weighted by Gasteiger charge is -2.32. The highest BCUT2D eigenvalue weighted by Gasteiger charge is 2.32. The molecule has 0 aromatic heterocycles. The van der Waals surface area contributed by atoms with Gasteiger partial charge in [-0.05, 0) is 24.7 Å². The van der Waals surface area contributed by atoms with Gasteiger partial charge in [0.2, 0.25) is 5.91 Å². The first-order chi connectivity index (χ1) is 8.52. The predicted molar refractivity (Wildman–Crippen MR) is 73.1 cm³/mol. The maximum absolute atomic E-state index is 12.0. The van der Waals surface area contributed by atoms with Gasteiger partial charge in [0.25, 0.3) is 0 Å². The molecule has 1 rings (SSSR count). The van der Waals surface area contributed by atoms with Crippen molar-refractivity contribution >= 4 is 5.91 Å². The third-order valence-corrected chi connectivity index (χ3v) is 3.63. The van der Waals surface area contributed by atoms with E-state index in [-0.39, 0.29) is 17.9 Å². The third-order valence-electron chi connectivity index (χ3n) is 3.63. The van der Waals surface area contributed by atoms with E-state index in [1.807, 2.05) is 0 Å². The number of carbonyl (C=O) groups is 1. The van der Waals surface area contributed by atoms with E-state index in [4.69, 9.17) is 10.5 Å². The summed E-state index contributed by atoms with van der Waals surface area (Å²) in [6, 6.07) is 0.00957. The fourth-order valence-electron chi connectivity index (χ4n) is 2.44. The Hall–Kier alpha value is -0.610. The molecule has 18 heavy (non-hydrogen) atoms. The van der Waals surface area contributed by atoms with Gasteiger partial charge >= 0.3 is 0 Å². The summed E-state index contributed by atoms with van der Waals surface area (Å²) in [6.07, 6.45) is 3.17. The minimum atomic E-state index is -0.0150. The topological polar surface area (TPSA) is 64.3 Å². The van der Waals surface area contributed by atoms with E-state index < -0.39 is 0 Å². The van der Waals surface area contributed by atoms with Crippen molar-refractivity contribution in [2.45, 2.75) is 46.1 Å². The van der Waals surface area contributed by atoms with Crippen molar-refractivity contribution in [3.05, 3.63) is 0 Å². The third kappa shape index (κ3) is 4.94. The van der Waals surface area contributed by atoms with Gasteiger partial charge < -0.3 is 15.8 Å². The molecule has 1 saturated carbocycles. The van der Waals surface area contributed by atoms with Gasteiger partial charge in [0.05, 0.1) is 12.5 Å². The Kier molecular flexibility index (Phi) is 6.65. The van der Waals surface area contributed by atoms with E-state index >= 15 is 0 Å². The molecule has 0 spiro atoms. The zero-order chi connectivity index (χ0) is 13.5. The molecular weight excluding hydrogens is 228 g/mol. The fraction of sp³-hybridized carbons (Fsp3) is 0.929. The number of carbonyl (C=O) groups excluding carboxylic acids is 1. The van der Waals surface area contributed by atoms with E-state index in [2.05, 4.69) is 26.1 Å². The van der Waals surface area contributed by atoms with Gasteiger partial charge in [0.15, 0.2) is 0 Å². The minimum absolute atomic E-state index is 0.00957. The molecule has 0 bridgehead atoms. The molecule has 1 amide bonds. The minimum Gasteiger partial charge on any atom is -0.379 e. The Morgan fingerprint density at radius 3 is 2.83 bits per heavy atom. The molecule has 0 saturated heterocycles. The van der Waals surface area contributed by atoms with Crippen molar-refractivity contribution < 1.29 is 9.53 Å². The second kappa shape index (κ2) is 7.74. The summed E-state index contributed by atoms with van der Waals surface area (Å²) in [7, 11) is 0. The number of hydrogen-bond donors (Lipinski definition) is 2. The number of nitrogens with one attached hydrogen (secondary N) is 1. The standard InChI is InChI=1S/C14H28N2O2/c1-10(2)9-18-8-7-16-14(17)12-6-4-5-11(3)13(12)15/h10-13H,4-9,15H2,1-3H3,(H,16,17). The van der Waals surface area contributed by atoms with Crippen molar-refractivity contribution in [3.63, 3.8) is 0 Å². The van der Waals surface area contributed by atoms with Gasteiger partial charge in [-0.2, -0.15) is 0 Å². The lowest BCUT2D eigenvalue weighted by molar-refractivity contribution is -0.127. The summed E-state index contributed by atoms with van der Waals surface area (Å²) in [5.41, 5.74) is 6.10. The number of ether oxygens (including phenoxy) is 1. The Labute approximate surface area is 111 Å². The summed E-state index contributed by atoms with van der Waals surface area (Å²) < 4.78 is 5.43. The second-order valence-electron chi connectivity index (χ2n) is 5.85. The predicted octanol–water partition coefficient (Wildman–Crippen LogP) is 1.54. The molecule has 4 nitrogen and oxygen atoms in total. The molecule has 4 heteroatoms. The molecule has 3 atom stereocenters. The van der Waals surface area contributed by atoms with Crippen LogP contribution in [-0.2, 0) is 9.53 Å². The molecule has 1 aliphatic carbocycles. The maximum atomic E-state index is 12.0. The van der Waals surface area contributed by atoms with Crippen LogP contribution in [0, 0.1) is 17.8 Å². The highest BCUT2D eigenvalue weighted by Crippen LogP contribution is 2.27. The molecule has 106 valence electrons. The van der Waals surface area contributed by atoms with Gasteiger partial charge in [-0.15, -0.1) is 0 Å². The summed E-state index contributed by atoms with van der Waals surface area (Å²) >= 11 is 0. The smallest absolute Gasteiger partial charge is 0.224 e. The van der Waals surface area contributed by atoms with Crippen LogP contribution in [0.3, 0.4) is 0 Å². The molecule has 3 N–H and O–H groups in total. The maximum Gasteiger partial charge on any atom is 0.224 e. The van der Waals surface area contributed by atoms with Crippen LogP contribution in [0.2, 0.25) is 0 Å². The van der Waals surface area contributed by atoms with E-state index in [9.17, 15) is 4.79 Å². The van der Waals surface area contributed by atoms with Crippen LogP contribution in [0.1, 0.15) is 40.0 Å². The van der Waals surface area contributed by atoms with Crippen LogP contribution >= 0.6 is 0 Å². The summed E-state index contributed by atoms with van der Waals surface area (Å²) in [5.74, 6) is 1.07. The van der Waals surface area contributed by atoms with Crippen molar-refractivity contribution in [1.82, 2.24) is 5.32 Å². The lowest BCUT2D eigenvalue weighted by Crippen LogP contribution is -2.47. The number of nitrogens with two attached hydrogens (primary N) is 1. The van der Waals surface area contributed by atoms with E-state index in [0.717, 1.165) is 25.9 Å². The van der Waals surface area contributed by atoms with Crippen molar-refractivity contribution in [2.24, 2.45) is 23.5 Å². The molecule has 0 aliphatic heterocycles. The van der Waals surface area contributed by atoms with Crippen LogP contribution in [0.25, 0.3) is 0 Å². The Bertz CT molecular complexity index is 256. The van der Waals surface area contributed by atoms with Crippen LogP contribution in [0.5, 0.6) is 0 Å². The van der Waals surface area contributed by atoms with E-state index in [0.29, 0.717) is 25.0 Å². The normalized spacial score (nSPS) is 28.4. The molecule has 1 fully saturated rings. The van der Waals surface area contributed by atoms with Crippen molar-refractivity contribution in [2.75, 3.05) is 19.8 Å². The van der Waals surface area contributed by atoms with Crippen LogP contribution in [-0.4, -0.2) is 31.7 Å². The van der Waals surface area contributed by atoms with Crippen LogP contribution in [0.4, 0.5) is 0 Å². The quantitative estimate of drug-likeness (QED) is 0.709. The molecule has 3 unspecified atom stereocenters. The van der Waals surface area contributed by atoms with Crippen molar-refractivity contribution in [3.8, 4) is 0 Å². The average Bonchev–Trinajstić information content (AvgIpc) is 2.31. The summed E-state index contributed by atoms with van der Waals surface area (Å²) in [5, 5.41) is 2.93. The average molecular weight is 256 g/mol. The first-order valence-electron chi connectivity index (χ1n) is 7.13. The molecular formula is C14H28N2O2. The van der Waals surface area contributed by atoms with E-state index in [1.165, 1.54) is 0 Å². The van der Waals surface area contributed by atoms with Crippen LogP contribution in [0.15, 0.2) is 0 Å². The molecule has 1 aliphatic rings. The Morgan fingerprint density at radius 2 is 2.17 bits per heavy atom. The van der Waals surface area contributed by atoms with E-state index in [1.54, 1.807) is 0 Å². The van der Waals surface area contributed by atoms with Gasteiger partial charge in [-0.3, -0.25) is 4.79 Å². The molecule has 0 radical (unpaired) electrons. The largest absolute Gasteiger partial charge is 0.379 e. The lowest BCUT2D eigenvalue weighted by atomic mass is 9.78. The SMILES string of the molecule is CC(C)COCCNC(=O)C1CCCC(C)C1N. The van der Waals surface area contributed by atoms with Gasteiger partial charge in [-0.25, -0.2) is 0 Å². The summed E-state index contributed by atoms with van der Waals surface area (Å²) in [4.78, 5) is 12.0. The Morgan fingerprint density at radius 1 is 1.44 bits per heavy atom. The molecule has 0 heterocycles. The highest BCUT2D eigenvalue weighted by molar-refractivity contribution is 5.79. The van der Waals surface area contributed by atoms with Gasteiger partial charge in [-0.1, -0.05) is 27.2 Å².